The van der Waals surface area contributed by atoms with Crippen LogP contribution in [0.5, 0.6) is 0 Å². The van der Waals surface area contributed by atoms with Crippen LogP contribution in [-0.4, -0.2) is 53.6 Å². The first kappa shape index (κ1) is 19.2. The summed E-state index contributed by atoms with van der Waals surface area (Å²) in [5, 5.41) is 0. The number of piperidine rings is 1. The maximum absolute atomic E-state index is 12.1. The van der Waals surface area contributed by atoms with E-state index in [-0.39, 0.29) is 43.2 Å². The lowest BCUT2D eigenvalue weighted by Crippen LogP contribution is -2.49. The van der Waals surface area contributed by atoms with Crippen molar-refractivity contribution in [3.63, 3.8) is 0 Å². The van der Waals surface area contributed by atoms with Gasteiger partial charge in [0.1, 0.15) is 11.9 Å². The van der Waals surface area contributed by atoms with Gasteiger partial charge in [0.15, 0.2) is 0 Å². The highest BCUT2D eigenvalue weighted by atomic mass is 35.5. The Balaban J connectivity index is 0.00000180. The lowest BCUT2D eigenvalue weighted by Gasteiger charge is -2.33. The van der Waals surface area contributed by atoms with Crippen LogP contribution in [0, 0.1) is 0 Å². The first-order valence-electron chi connectivity index (χ1n) is 6.25. The molecule has 0 aromatic carbocycles. The number of H-pyrrole nitrogens is 1. The molecule has 1 aromatic rings. The van der Waals surface area contributed by atoms with E-state index < -0.39 is 6.04 Å². The minimum atomic E-state index is -0.564. The lowest BCUT2D eigenvalue weighted by atomic mass is 9.97. The van der Waals surface area contributed by atoms with E-state index in [2.05, 4.69) is 9.97 Å². The van der Waals surface area contributed by atoms with Crippen molar-refractivity contribution in [1.29, 1.82) is 0 Å². The Morgan fingerprint density at radius 3 is 3.00 bits per heavy atom. The van der Waals surface area contributed by atoms with Gasteiger partial charge in [0.2, 0.25) is 5.91 Å². The zero-order valence-electron chi connectivity index (χ0n) is 11.4. The molecule has 2 heterocycles. The van der Waals surface area contributed by atoms with Crippen LogP contribution in [0.25, 0.3) is 0 Å². The van der Waals surface area contributed by atoms with Gasteiger partial charge in [-0.3, -0.25) is 4.79 Å². The summed E-state index contributed by atoms with van der Waals surface area (Å²) < 4.78 is 4.92. The van der Waals surface area contributed by atoms with Gasteiger partial charge in [-0.2, -0.15) is 0 Å². The first-order valence-corrected chi connectivity index (χ1v) is 6.25. The molecule has 8 heteroatoms. The van der Waals surface area contributed by atoms with Gasteiger partial charge in [0.25, 0.3) is 0 Å². The van der Waals surface area contributed by atoms with Crippen LogP contribution in [-0.2, 0) is 9.53 Å². The van der Waals surface area contributed by atoms with Gasteiger partial charge >= 0.3 is 0 Å². The van der Waals surface area contributed by atoms with Gasteiger partial charge in [0.05, 0.1) is 6.61 Å². The quantitative estimate of drug-likeness (QED) is 0.863. The zero-order valence-corrected chi connectivity index (χ0v) is 13.1. The summed E-state index contributed by atoms with van der Waals surface area (Å²) in [6.45, 7) is 1.72. The van der Waals surface area contributed by atoms with E-state index in [0.29, 0.717) is 6.54 Å². The second-order valence-electron chi connectivity index (χ2n) is 4.66. The molecule has 0 aliphatic carbocycles. The Kier molecular flexibility index (Phi) is 8.80. The average molecular weight is 325 g/mol. The molecule has 20 heavy (non-hydrogen) atoms. The number of nitrogens with one attached hydrogen (secondary N) is 1. The number of hydrogen-bond donors (Lipinski definition) is 2. The monoisotopic (exact) mass is 324 g/mol. The number of carbonyl (C=O) groups excluding carboxylic acids is 1. The number of nitrogens with zero attached hydrogens (tertiary/aromatic N) is 2. The average Bonchev–Trinajstić information content (AvgIpc) is 2.92. The molecule has 1 aromatic heterocycles. The van der Waals surface area contributed by atoms with Gasteiger partial charge in [-0.05, 0) is 12.8 Å². The molecule has 0 spiro atoms. The molecule has 0 bridgehead atoms. The molecule has 1 aliphatic heterocycles. The third-order valence-electron chi connectivity index (χ3n) is 3.30. The Morgan fingerprint density at radius 2 is 2.40 bits per heavy atom. The van der Waals surface area contributed by atoms with Crippen LogP contribution >= 0.6 is 24.8 Å². The Labute approximate surface area is 131 Å². The van der Waals surface area contributed by atoms with Gasteiger partial charge in [0, 0.05) is 38.5 Å². The standard InChI is InChI=1S/C12H20N4O2.2ClH/c1-18-8-10(13)12(17)16-6-2-3-9(7-16)11-14-4-5-15-11;;/h4-5,9-10H,2-3,6-8,13H2,1H3,(H,14,15);2*1H. The van der Waals surface area contributed by atoms with Crippen LogP contribution in [0.1, 0.15) is 24.6 Å². The molecule has 0 radical (unpaired) electrons. The van der Waals surface area contributed by atoms with Crippen molar-refractivity contribution in [3.05, 3.63) is 18.2 Å². The Bertz CT molecular complexity index is 389. The number of carbonyl (C=O) groups is 1. The summed E-state index contributed by atoms with van der Waals surface area (Å²) >= 11 is 0. The number of imidazole rings is 1. The second kappa shape index (κ2) is 9.18. The summed E-state index contributed by atoms with van der Waals surface area (Å²) in [4.78, 5) is 21.3. The van der Waals surface area contributed by atoms with Gasteiger partial charge in [-0.15, -0.1) is 24.8 Å². The van der Waals surface area contributed by atoms with E-state index in [4.69, 9.17) is 10.5 Å². The van der Waals surface area contributed by atoms with E-state index in [0.717, 1.165) is 25.2 Å². The number of halogens is 2. The van der Waals surface area contributed by atoms with Crippen LogP contribution in [0.4, 0.5) is 0 Å². The Morgan fingerprint density at radius 1 is 1.65 bits per heavy atom. The van der Waals surface area contributed by atoms with Crippen molar-refractivity contribution in [2.75, 3.05) is 26.8 Å². The molecule has 0 saturated carbocycles. The highest BCUT2D eigenvalue weighted by Crippen LogP contribution is 2.24. The summed E-state index contributed by atoms with van der Waals surface area (Å²) in [6.07, 6.45) is 5.59. The number of amides is 1. The molecular formula is C12H22Cl2N4O2. The number of methoxy groups -OCH3 is 1. The number of hydrogen-bond acceptors (Lipinski definition) is 4. The minimum Gasteiger partial charge on any atom is -0.383 e. The smallest absolute Gasteiger partial charge is 0.241 e. The number of aromatic amines is 1. The van der Waals surface area contributed by atoms with Crippen molar-refractivity contribution >= 4 is 30.7 Å². The molecule has 1 fully saturated rings. The second-order valence-corrected chi connectivity index (χ2v) is 4.66. The van der Waals surface area contributed by atoms with Crippen LogP contribution in [0.2, 0.25) is 0 Å². The van der Waals surface area contributed by atoms with Crippen molar-refractivity contribution in [1.82, 2.24) is 14.9 Å². The normalized spacial score (nSPS) is 19.7. The fraction of sp³-hybridized carbons (Fsp3) is 0.667. The van der Waals surface area contributed by atoms with E-state index in [1.54, 1.807) is 13.3 Å². The predicted octanol–water partition coefficient (Wildman–Crippen LogP) is 0.933. The maximum Gasteiger partial charge on any atom is 0.241 e. The van der Waals surface area contributed by atoms with Crippen LogP contribution in [0.15, 0.2) is 12.4 Å². The predicted molar refractivity (Wildman–Crippen MR) is 81.5 cm³/mol. The molecule has 3 N–H and O–H groups in total. The van der Waals surface area contributed by atoms with Crippen LogP contribution in [0.3, 0.4) is 0 Å². The molecule has 2 unspecified atom stereocenters. The van der Waals surface area contributed by atoms with Gasteiger partial charge < -0.3 is 20.4 Å². The van der Waals surface area contributed by atoms with Gasteiger partial charge in [-0.25, -0.2) is 4.98 Å². The summed E-state index contributed by atoms with van der Waals surface area (Å²) in [6, 6.07) is -0.564. The van der Waals surface area contributed by atoms with Crippen molar-refractivity contribution in [3.8, 4) is 0 Å². The zero-order chi connectivity index (χ0) is 13.0. The fourth-order valence-electron chi connectivity index (χ4n) is 2.39. The lowest BCUT2D eigenvalue weighted by molar-refractivity contribution is -0.135. The number of rotatable bonds is 4. The van der Waals surface area contributed by atoms with Crippen molar-refractivity contribution in [2.45, 2.75) is 24.8 Å². The molecule has 6 nitrogen and oxygen atoms in total. The van der Waals surface area contributed by atoms with Crippen molar-refractivity contribution in [2.24, 2.45) is 5.73 Å². The Hall–Kier alpha value is -0.820. The molecule has 2 rings (SSSR count). The molecule has 1 amide bonds. The van der Waals surface area contributed by atoms with E-state index in [1.807, 2.05) is 11.1 Å². The number of likely N-dealkylation sites (tertiary alicyclic amines) is 1. The molecule has 116 valence electrons. The number of aromatic nitrogens is 2. The SMILES string of the molecule is COCC(N)C(=O)N1CCCC(c2ncc[nH]2)C1.Cl.Cl. The summed E-state index contributed by atoms with van der Waals surface area (Å²) in [5.74, 6) is 1.20. The van der Waals surface area contributed by atoms with Gasteiger partial charge in [-0.1, -0.05) is 0 Å². The van der Waals surface area contributed by atoms with E-state index in [9.17, 15) is 4.79 Å². The molecule has 1 aliphatic rings. The van der Waals surface area contributed by atoms with E-state index >= 15 is 0 Å². The molecule has 1 saturated heterocycles. The first-order chi connectivity index (χ1) is 8.72. The third-order valence-corrected chi connectivity index (χ3v) is 3.30. The summed E-state index contributed by atoms with van der Waals surface area (Å²) in [5.41, 5.74) is 5.78. The molecule has 2 atom stereocenters. The highest BCUT2D eigenvalue weighted by Gasteiger charge is 2.28. The number of ether oxygens (including phenoxy) is 1. The summed E-state index contributed by atoms with van der Waals surface area (Å²) in [7, 11) is 1.55. The maximum atomic E-state index is 12.1. The molecular weight excluding hydrogens is 303 g/mol. The largest absolute Gasteiger partial charge is 0.383 e. The highest BCUT2D eigenvalue weighted by molar-refractivity contribution is 5.85. The topological polar surface area (TPSA) is 84.2 Å². The number of nitrogens with two attached hydrogens (primary N) is 1. The minimum absolute atomic E-state index is 0. The van der Waals surface area contributed by atoms with Crippen molar-refractivity contribution < 1.29 is 9.53 Å². The fourth-order valence-corrected chi connectivity index (χ4v) is 2.39. The van der Waals surface area contributed by atoms with E-state index in [1.165, 1.54) is 0 Å². The third kappa shape index (κ3) is 4.63. The van der Waals surface area contributed by atoms with Crippen LogP contribution < -0.4 is 5.73 Å².